The largest absolute Gasteiger partial charge is 0.384 e. The molecule has 4 rings (SSSR count). The van der Waals surface area contributed by atoms with E-state index in [9.17, 15) is 15.0 Å². The Morgan fingerprint density at radius 1 is 1.14 bits per heavy atom. The molecule has 12 unspecified atom stereocenters. The second kappa shape index (κ2) is 10.4. The van der Waals surface area contributed by atoms with Crippen LogP contribution in [0.5, 0.6) is 0 Å². The third-order valence-corrected chi connectivity index (χ3v) is 12.4. The van der Waals surface area contributed by atoms with Crippen LogP contribution in [0.25, 0.3) is 0 Å². The van der Waals surface area contributed by atoms with Crippen LogP contribution >= 0.6 is 0 Å². The van der Waals surface area contributed by atoms with Crippen LogP contribution in [0.15, 0.2) is 11.1 Å². The Labute approximate surface area is 260 Å². The summed E-state index contributed by atoms with van der Waals surface area (Å²) < 4.78 is 12.3. The van der Waals surface area contributed by atoms with Crippen molar-refractivity contribution >= 4 is 5.91 Å². The van der Waals surface area contributed by atoms with Gasteiger partial charge in [-0.3, -0.25) is 4.79 Å². The molecule has 7 heteroatoms. The zero-order valence-electron chi connectivity index (χ0n) is 25.0. The van der Waals surface area contributed by atoms with E-state index in [0.717, 1.165) is 12.8 Å². The summed E-state index contributed by atoms with van der Waals surface area (Å²) in [6.45, 7) is 24.9. The van der Waals surface area contributed by atoms with Crippen molar-refractivity contribution in [3.63, 3.8) is 0 Å². The number of ether oxygens (including phenoxy) is 2. The van der Waals surface area contributed by atoms with E-state index < -0.39 is 17.9 Å². The van der Waals surface area contributed by atoms with Crippen molar-refractivity contribution in [1.29, 1.82) is 0 Å². The SMILES string of the molecule is CC(=O)NC(C)C(O)OC1CC2(C)C(C)C3C4(O)COC4CC(C)C3(C)C(C)C(C)C(=C1C)C2(C)C.[Ac]. The molecule has 209 valence electrons. The van der Waals surface area contributed by atoms with E-state index in [1.54, 1.807) is 6.92 Å². The predicted octanol–water partition coefficient (Wildman–Crippen LogP) is 4.68. The van der Waals surface area contributed by atoms with E-state index in [1.165, 1.54) is 18.1 Å². The second-order valence-electron chi connectivity index (χ2n) is 14.0. The van der Waals surface area contributed by atoms with E-state index in [0.29, 0.717) is 24.4 Å². The van der Waals surface area contributed by atoms with Crippen molar-refractivity contribution in [3.05, 3.63) is 11.1 Å². The van der Waals surface area contributed by atoms with Gasteiger partial charge in [-0.25, -0.2) is 0 Å². The van der Waals surface area contributed by atoms with Crippen molar-refractivity contribution in [2.24, 2.45) is 45.8 Å². The maximum absolute atomic E-state index is 12.2. The fourth-order valence-corrected chi connectivity index (χ4v) is 9.49. The average molecular weight is 733 g/mol. The van der Waals surface area contributed by atoms with E-state index in [1.807, 2.05) is 0 Å². The van der Waals surface area contributed by atoms with Gasteiger partial charge >= 0.3 is 0 Å². The molecule has 0 aromatic carbocycles. The zero-order chi connectivity index (χ0) is 27.2. The van der Waals surface area contributed by atoms with Crippen molar-refractivity contribution in [1.82, 2.24) is 5.32 Å². The van der Waals surface area contributed by atoms with Crippen LogP contribution in [0.2, 0.25) is 0 Å². The molecule has 12 atom stereocenters. The average Bonchev–Trinajstić information content (AvgIpc) is 2.77. The summed E-state index contributed by atoms with van der Waals surface area (Å²) in [5.74, 6) is 1.19. The van der Waals surface area contributed by atoms with Crippen LogP contribution in [-0.4, -0.2) is 52.9 Å². The first kappa shape index (κ1) is 32.0. The predicted molar refractivity (Wildman–Crippen MR) is 141 cm³/mol. The Bertz CT molecular complexity index is 937. The summed E-state index contributed by atoms with van der Waals surface area (Å²) in [6.07, 6.45) is 0.221. The number of fused-ring (bicyclic) bond motifs is 5. The minimum Gasteiger partial charge on any atom is -0.384 e. The van der Waals surface area contributed by atoms with Gasteiger partial charge < -0.3 is 25.0 Å². The smallest absolute Gasteiger partial charge is 0.217 e. The molecular formula is C30H51AcNO5. The minimum absolute atomic E-state index is 0. The number of aliphatic hydroxyl groups excluding tert-OH is 1. The van der Waals surface area contributed by atoms with Gasteiger partial charge in [0.25, 0.3) is 0 Å². The number of amides is 1. The topological polar surface area (TPSA) is 88.0 Å². The molecule has 1 amide bonds. The zero-order valence-corrected chi connectivity index (χ0v) is 29.8. The Morgan fingerprint density at radius 2 is 1.73 bits per heavy atom. The van der Waals surface area contributed by atoms with E-state index in [4.69, 9.17) is 9.47 Å². The van der Waals surface area contributed by atoms with E-state index in [-0.39, 0.29) is 90.3 Å². The molecule has 2 saturated carbocycles. The summed E-state index contributed by atoms with van der Waals surface area (Å²) in [7, 11) is 0. The maximum atomic E-state index is 12.2. The number of carbonyl (C=O) groups is 1. The van der Waals surface area contributed by atoms with Crippen molar-refractivity contribution in [2.75, 3.05) is 6.61 Å². The summed E-state index contributed by atoms with van der Waals surface area (Å²) in [4.78, 5) is 11.6. The molecule has 3 aliphatic carbocycles. The molecule has 3 N–H and O–H groups in total. The number of rotatable bonds is 4. The van der Waals surface area contributed by atoms with Gasteiger partial charge in [-0.15, -0.1) is 0 Å². The van der Waals surface area contributed by atoms with Gasteiger partial charge in [0, 0.05) is 56.9 Å². The number of nitrogens with one attached hydrogen (secondary N) is 1. The minimum atomic E-state index is -1.10. The van der Waals surface area contributed by atoms with Crippen LogP contribution in [-0.2, 0) is 14.3 Å². The van der Waals surface area contributed by atoms with Gasteiger partial charge in [-0.05, 0) is 72.2 Å². The molecule has 37 heavy (non-hydrogen) atoms. The number of allylic oxidation sites excluding steroid dienone is 1. The standard InChI is InChI=1S/C30H51NO5.Ac/c1-15-12-23-30(34,14-35-23)25-19(5)28(10)13-22(36-26(33)20(6)31-21(7)32)17(3)24(27(28,8)9)16(2)18(4)29(15,25)11;/h15-16,18-20,22-23,25-26,33-34H,12-14H2,1-11H3,(H,31,32);. The molecule has 1 saturated heterocycles. The second-order valence-corrected chi connectivity index (χ2v) is 14.0. The molecular weight excluding hydrogens is 681 g/mol. The first-order valence-corrected chi connectivity index (χ1v) is 14.1. The first-order valence-electron chi connectivity index (χ1n) is 14.1. The van der Waals surface area contributed by atoms with Gasteiger partial charge in [0.1, 0.15) is 5.60 Å². The monoisotopic (exact) mass is 732 g/mol. The van der Waals surface area contributed by atoms with Gasteiger partial charge in [-0.2, -0.15) is 0 Å². The third kappa shape index (κ3) is 4.48. The fourth-order valence-electron chi connectivity index (χ4n) is 9.49. The van der Waals surface area contributed by atoms with Crippen molar-refractivity contribution in [2.45, 2.75) is 119 Å². The van der Waals surface area contributed by atoms with E-state index in [2.05, 4.69) is 67.6 Å². The molecule has 0 spiro atoms. The van der Waals surface area contributed by atoms with Gasteiger partial charge in [0.05, 0.1) is 24.9 Å². The van der Waals surface area contributed by atoms with Crippen molar-refractivity contribution < 1.29 is 68.5 Å². The van der Waals surface area contributed by atoms with Crippen LogP contribution in [0, 0.1) is 89.9 Å². The third-order valence-electron chi connectivity index (χ3n) is 12.4. The molecule has 3 fully saturated rings. The van der Waals surface area contributed by atoms with E-state index >= 15 is 0 Å². The van der Waals surface area contributed by atoms with Crippen LogP contribution in [0.3, 0.4) is 0 Å². The quantitative estimate of drug-likeness (QED) is 0.289. The number of hydrogen-bond donors (Lipinski definition) is 3. The van der Waals surface area contributed by atoms with Crippen LogP contribution in [0.1, 0.15) is 89.0 Å². The number of carbonyl (C=O) groups excluding carboxylic acids is 1. The first-order chi connectivity index (χ1) is 16.4. The number of aliphatic hydroxyl groups is 2. The number of hydrogen-bond acceptors (Lipinski definition) is 5. The summed E-state index contributed by atoms with van der Waals surface area (Å²) in [5, 5.41) is 25.8. The molecule has 6 nitrogen and oxygen atoms in total. The van der Waals surface area contributed by atoms with Crippen LogP contribution in [0.4, 0.5) is 0 Å². The Balaban J connectivity index is 0.00000380. The Morgan fingerprint density at radius 3 is 2.24 bits per heavy atom. The molecule has 4 aliphatic rings. The molecule has 0 aromatic heterocycles. The Kier molecular flexibility index (Phi) is 9.00. The molecule has 1 heterocycles. The summed E-state index contributed by atoms with van der Waals surface area (Å²) in [6, 6.07) is -0.502. The summed E-state index contributed by atoms with van der Waals surface area (Å²) >= 11 is 0. The fraction of sp³-hybridized carbons (Fsp3) is 0.900. The molecule has 1 aliphatic heterocycles. The molecule has 1 radical (unpaired) electrons. The normalized spacial score (nSPS) is 48.2. The molecule has 0 aromatic rings. The van der Waals surface area contributed by atoms with Gasteiger partial charge in [-0.1, -0.05) is 61.0 Å². The molecule has 2 bridgehead atoms. The summed E-state index contributed by atoms with van der Waals surface area (Å²) in [5.41, 5.74) is 1.51. The maximum Gasteiger partial charge on any atom is 0.217 e. The van der Waals surface area contributed by atoms with Crippen molar-refractivity contribution in [3.8, 4) is 0 Å². The Hall–Kier alpha value is 0.492. The van der Waals surface area contributed by atoms with Gasteiger partial charge in [0.2, 0.25) is 5.91 Å². The van der Waals surface area contributed by atoms with Crippen LogP contribution < -0.4 is 5.32 Å². The van der Waals surface area contributed by atoms with Gasteiger partial charge in [0.15, 0.2) is 6.29 Å².